The zero-order valence-corrected chi connectivity index (χ0v) is 25.0. The maximum atomic E-state index is 14.1. The average Bonchev–Trinajstić information content (AvgIpc) is 2.93. The van der Waals surface area contributed by atoms with Crippen LogP contribution in [0.3, 0.4) is 0 Å². The summed E-state index contributed by atoms with van der Waals surface area (Å²) in [5, 5.41) is 3.54. The van der Waals surface area contributed by atoms with Crippen LogP contribution < -0.4 is 14.4 Å². The van der Waals surface area contributed by atoms with E-state index < -0.39 is 28.5 Å². The summed E-state index contributed by atoms with van der Waals surface area (Å²) >= 11 is 12.9. The SMILES string of the molecule is CCCNC(=O)[C@@H](Cc1ccccc1)N(Cc1c(Cl)cccc1Cl)C(=O)CN(c1cccc(OC)c1)S(C)(=O)=O. The van der Waals surface area contributed by atoms with Gasteiger partial charge in [-0.15, -0.1) is 0 Å². The second-order valence-electron chi connectivity index (χ2n) is 9.19. The summed E-state index contributed by atoms with van der Waals surface area (Å²) in [6.07, 6.45) is 1.92. The normalized spacial score (nSPS) is 11.9. The smallest absolute Gasteiger partial charge is 0.244 e. The number of nitrogens with zero attached hydrogens (tertiary/aromatic N) is 2. The van der Waals surface area contributed by atoms with Crippen LogP contribution in [0.15, 0.2) is 72.8 Å². The largest absolute Gasteiger partial charge is 0.497 e. The predicted molar refractivity (Wildman–Crippen MR) is 159 cm³/mol. The van der Waals surface area contributed by atoms with Crippen LogP contribution in [0, 0.1) is 0 Å². The molecule has 0 radical (unpaired) electrons. The van der Waals surface area contributed by atoms with Gasteiger partial charge in [0.15, 0.2) is 0 Å². The van der Waals surface area contributed by atoms with E-state index in [1.807, 2.05) is 37.3 Å². The number of anilines is 1. The second-order valence-corrected chi connectivity index (χ2v) is 11.9. The Morgan fingerprint density at radius 1 is 0.975 bits per heavy atom. The number of hydrogen-bond donors (Lipinski definition) is 1. The molecule has 0 aliphatic rings. The van der Waals surface area contributed by atoms with E-state index in [4.69, 9.17) is 27.9 Å². The third kappa shape index (κ3) is 8.36. The van der Waals surface area contributed by atoms with Gasteiger partial charge in [-0.25, -0.2) is 8.42 Å². The van der Waals surface area contributed by atoms with E-state index in [0.29, 0.717) is 34.3 Å². The zero-order valence-electron chi connectivity index (χ0n) is 22.6. The zero-order chi connectivity index (χ0) is 29.3. The Morgan fingerprint density at radius 2 is 1.62 bits per heavy atom. The van der Waals surface area contributed by atoms with Crippen molar-refractivity contribution < 1.29 is 22.7 Å². The molecular weight excluding hydrogens is 573 g/mol. The van der Waals surface area contributed by atoms with Gasteiger partial charge in [-0.05, 0) is 36.2 Å². The monoisotopic (exact) mass is 605 g/mol. The number of ether oxygens (including phenoxy) is 1. The standard InChI is InChI=1S/C29H33Cl2N3O5S/c1-4-16-32-29(36)27(17-21-10-6-5-7-11-21)33(19-24-25(30)14-9-15-26(24)31)28(35)20-34(40(3,37)38)22-12-8-13-23(18-22)39-2/h5-15,18,27H,4,16-17,19-20H2,1-3H3,(H,32,36)/t27-/m1/s1. The summed E-state index contributed by atoms with van der Waals surface area (Å²) in [5.41, 5.74) is 1.53. The number of rotatable bonds is 13. The fourth-order valence-electron chi connectivity index (χ4n) is 4.15. The van der Waals surface area contributed by atoms with Crippen LogP contribution in [-0.4, -0.2) is 57.6 Å². The number of benzene rings is 3. The van der Waals surface area contributed by atoms with E-state index in [0.717, 1.165) is 16.1 Å². The molecule has 0 aliphatic carbocycles. The summed E-state index contributed by atoms with van der Waals surface area (Å²) in [5.74, 6) is -0.537. The maximum Gasteiger partial charge on any atom is 0.244 e. The lowest BCUT2D eigenvalue weighted by atomic mass is 10.0. The van der Waals surface area contributed by atoms with Crippen molar-refractivity contribution in [3.63, 3.8) is 0 Å². The lowest BCUT2D eigenvalue weighted by Crippen LogP contribution is -2.53. The molecule has 2 amide bonds. The molecule has 0 bridgehead atoms. The Balaban J connectivity index is 2.09. The summed E-state index contributed by atoms with van der Waals surface area (Å²) in [7, 11) is -2.44. The number of sulfonamides is 1. The highest BCUT2D eigenvalue weighted by molar-refractivity contribution is 7.92. The number of carbonyl (C=O) groups excluding carboxylic acids is 2. The molecule has 0 unspecified atom stereocenters. The minimum atomic E-state index is -3.90. The van der Waals surface area contributed by atoms with E-state index in [-0.39, 0.29) is 24.6 Å². The Bertz CT molecular complexity index is 1400. The number of carbonyl (C=O) groups is 2. The Morgan fingerprint density at radius 3 is 2.23 bits per heavy atom. The topological polar surface area (TPSA) is 96.0 Å². The van der Waals surface area contributed by atoms with Crippen molar-refractivity contribution in [3.05, 3.63) is 94.0 Å². The molecule has 3 aromatic rings. The average molecular weight is 607 g/mol. The fraction of sp³-hybridized carbons (Fsp3) is 0.310. The molecule has 3 rings (SSSR count). The molecule has 0 heterocycles. The third-order valence-corrected chi connectivity index (χ3v) is 8.08. The van der Waals surface area contributed by atoms with Crippen molar-refractivity contribution in [2.24, 2.45) is 0 Å². The van der Waals surface area contributed by atoms with Crippen LogP contribution in [0.25, 0.3) is 0 Å². The van der Waals surface area contributed by atoms with E-state index in [2.05, 4.69) is 5.32 Å². The molecule has 40 heavy (non-hydrogen) atoms. The summed E-state index contributed by atoms with van der Waals surface area (Å²) in [6.45, 7) is 1.68. The van der Waals surface area contributed by atoms with Gasteiger partial charge in [0.25, 0.3) is 0 Å². The Hall–Kier alpha value is -3.27. The summed E-state index contributed by atoms with van der Waals surface area (Å²) < 4.78 is 32.0. The van der Waals surface area contributed by atoms with Gasteiger partial charge in [0.05, 0.1) is 19.1 Å². The van der Waals surface area contributed by atoms with Crippen molar-refractivity contribution >= 4 is 50.7 Å². The highest BCUT2D eigenvalue weighted by atomic mass is 35.5. The van der Waals surface area contributed by atoms with Crippen molar-refractivity contribution in [2.45, 2.75) is 32.4 Å². The van der Waals surface area contributed by atoms with Crippen LogP contribution in [0.4, 0.5) is 5.69 Å². The molecule has 214 valence electrons. The Kier molecular flexibility index (Phi) is 11.2. The quantitative estimate of drug-likeness (QED) is 0.298. The second kappa shape index (κ2) is 14.4. The molecule has 0 saturated carbocycles. The lowest BCUT2D eigenvalue weighted by molar-refractivity contribution is -0.140. The molecule has 0 fully saturated rings. The van der Waals surface area contributed by atoms with Crippen molar-refractivity contribution in [1.29, 1.82) is 0 Å². The van der Waals surface area contributed by atoms with Crippen molar-refractivity contribution in [3.8, 4) is 5.75 Å². The van der Waals surface area contributed by atoms with Crippen LogP contribution in [0.2, 0.25) is 10.0 Å². The minimum absolute atomic E-state index is 0.107. The van der Waals surface area contributed by atoms with Crippen molar-refractivity contribution in [2.75, 3.05) is 30.8 Å². The van der Waals surface area contributed by atoms with E-state index in [9.17, 15) is 18.0 Å². The van der Waals surface area contributed by atoms with Crippen LogP contribution in [0.1, 0.15) is 24.5 Å². The van der Waals surface area contributed by atoms with Gasteiger partial charge in [0.1, 0.15) is 18.3 Å². The molecule has 1 atom stereocenters. The fourth-order valence-corrected chi connectivity index (χ4v) is 5.51. The van der Waals surface area contributed by atoms with Gasteiger partial charge >= 0.3 is 0 Å². The molecular formula is C29H33Cl2N3O5S. The first-order valence-corrected chi connectivity index (χ1v) is 15.3. The molecule has 0 aromatic heterocycles. The van der Waals surface area contributed by atoms with E-state index >= 15 is 0 Å². The molecule has 11 heteroatoms. The number of methoxy groups -OCH3 is 1. The van der Waals surface area contributed by atoms with Crippen molar-refractivity contribution in [1.82, 2.24) is 10.2 Å². The van der Waals surface area contributed by atoms with Crippen LogP contribution in [-0.2, 0) is 32.6 Å². The predicted octanol–water partition coefficient (Wildman–Crippen LogP) is 4.93. The number of amides is 2. The molecule has 3 aromatic carbocycles. The molecule has 0 spiro atoms. The molecule has 8 nitrogen and oxygen atoms in total. The third-order valence-electron chi connectivity index (χ3n) is 6.23. The number of hydrogen-bond acceptors (Lipinski definition) is 5. The van der Waals surface area contributed by atoms with Crippen LogP contribution in [0.5, 0.6) is 5.75 Å². The first kappa shape index (κ1) is 31.3. The van der Waals surface area contributed by atoms with Gasteiger partial charge in [-0.3, -0.25) is 13.9 Å². The number of nitrogens with one attached hydrogen (secondary N) is 1. The number of halogens is 2. The highest BCUT2D eigenvalue weighted by Crippen LogP contribution is 2.28. The van der Waals surface area contributed by atoms with Gasteiger partial charge in [0, 0.05) is 41.2 Å². The van der Waals surface area contributed by atoms with E-state index in [1.54, 1.807) is 36.4 Å². The molecule has 0 aliphatic heterocycles. The highest BCUT2D eigenvalue weighted by Gasteiger charge is 2.33. The minimum Gasteiger partial charge on any atom is -0.497 e. The molecule has 0 saturated heterocycles. The lowest BCUT2D eigenvalue weighted by Gasteiger charge is -2.34. The Labute approximate surface area is 245 Å². The van der Waals surface area contributed by atoms with Gasteiger partial charge < -0.3 is 15.0 Å². The summed E-state index contributed by atoms with van der Waals surface area (Å²) in [6, 6.07) is 19.7. The maximum absolute atomic E-state index is 14.1. The van der Waals surface area contributed by atoms with Gasteiger partial charge in [0.2, 0.25) is 21.8 Å². The first-order chi connectivity index (χ1) is 19.0. The van der Waals surface area contributed by atoms with Gasteiger partial charge in [-0.1, -0.05) is 72.6 Å². The van der Waals surface area contributed by atoms with E-state index in [1.165, 1.54) is 18.1 Å². The summed E-state index contributed by atoms with van der Waals surface area (Å²) in [4.78, 5) is 29.0. The molecule has 1 N–H and O–H groups in total. The van der Waals surface area contributed by atoms with Gasteiger partial charge in [-0.2, -0.15) is 0 Å². The first-order valence-electron chi connectivity index (χ1n) is 12.7. The van der Waals surface area contributed by atoms with Crippen LogP contribution >= 0.6 is 23.2 Å².